The minimum Gasteiger partial charge on any atom is -0.510 e. The van der Waals surface area contributed by atoms with Gasteiger partial charge in [-0.1, -0.05) is 0 Å². The topological polar surface area (TPSA) is 190 Å². The summed E-state index contributed by atoms with van der Waals surface area (Å²) in [7, 11) is 3.14. The number of aromatic hydroxyl groups is 1. The largest absolute Gasteiger partial charge is 0.510 e. The highest BCUT2D eigenvalue weighted by molar-refractivity contribution is 6.24. The number of ketones is 2. The molecule has 190 valence electrons. The molecule has 3 aliphatic rings. The number of amides is 1. The molecule has 1 heterocycles. The van der Waals surface area contributed by atoms with Gasteiger partial charge >= 0.3 is 0 Å². The lowest BCUT2D eigenvalue weighted by Gasteiger charge is -2.50. The third-order valence-electron chi connectivity index (χ3n) is 7.68. The highest BCUT2D eigenvalue weighted by Gasteiger charge is 2.63. The van der Waals surface area contributed by atoms with E-state index in [4.69, 9.17) is 5.73 Å². The van der Waals surface area contributed by atoms with E-state index in [1.54, 1.807) is 43.2 Å². The molecule has 4 atom stereocenters. The Morgan fingerprint density at radius 3 is 2.51 bits per heavy atom. The number of nitrogens with zero attached hydrogens (tertiary/aromatic N) is 3. The van der Waals surface area contributed by atoms with Crippen LogP contribution in [0.3, 0.4) is 0 Å². The summed E-state index contributed by atoms with van der Waals surface area (Å²) in [5.74, 6) is -6.98. The zero-order chi connectivity index (χ0) is 27.0. The molecule has 0 saturated carbocycles. The molecule has 6 N–H and O–H groups in total. The maximum Gasteiger partial charge on any atom is 0.255 e. The lowest BCUT2D eigenvalue weighted by atomic mass is 9.58. The summed E-state index contributed by atoms with van der Waals surface area (Å²) in [6, 6.07) is 5.50. The number of phenols is 1. The van der Waals surface area contributed by atoms with Crippen LogP contribution in [0.25, 0.3) is 5.69 Å². The van der Waals surface area contributed by atoms with Crippen molar-refractivity contribution in [3.63, 3.8) is 0 Å². The molecule has 1 aromatic heterocycles. The minimum absolute atomic E-state index is 0.00399. The van der Waals surface area contributed by atoms with Gasteiger partial charge in [0.2, 0.25) is 5.78 Å². The van der Waals surface area contributed by atoms with E-state index in [1.165, 1.54) is 11.0 Å². The molecule has 2 aromatic rings. The SMILES string of the molecule is CN(C)[C@@H]1C(O)=C(C(N)=O)C(=O)[C@]2(O)C(O)=C3C(=O)c4c(O)ccc(-n5ccc(C#N)c5)c4C[C@@H]3C[C@H]12. The van der Waals surface area contributed by atoms with Crippen LogP contribution in [0, 0.1) is 23.2 Å². The van der Waals surface area contributed by atoms with E-state index in [1.807, 2.05) is 6.07 Å². The van der Waals surface area contributed by atoms with E-state index >= 15 is 0 Å². The first-order chi connectivity index (χ1) is 17.4. The fraction of sp³-hybridized carbons (Fsp3) is 0.308. The standard InChI is InChI=1S/C26H24N4O7/c1-29(2)20-14-8-12-7-13-15(30-6-5-11(9-27)10-30)3-4-16(31)18(13)21(32)17(12)23(34)26(14,37)24(35)19(22(20)33)25(28)36/h3-6,10,12,14,20,31,33-34,37H,7-8H2,1-2H3,(H2,28,36)/t12-,14-,20+,26-/m1/s1. The number of rotatable bonds is 3. The fourth-order valence-corrected chi connectivity index (χ4v) is 6.09. The number of carbonyl (C=O) groups is 3. The number of likely N-dealkylation sites (N-methyl/N-ethyl adjacent to an activating group) is 1. The van der Waals surface area contributed by atoms with Gasteiger partial charge in [-0.3, -0.25) is 19.3 Å². The molecule has 0 saturated heterocycles. The van der Waals surface area contributed by atoms with Gasteiger partial charge in [-0.2, -0.15) is 5.26 Å². The molecule has 37 heavy (non-hydrogen) atoms. The Kier molecular flexibility index (Phi) is 5.29. The Balaban J connectivity index is 1.72. The van der Waals surface area contributed by atoms with E-state index in [-0.39, 0.29) is 29.7 Å². The number of nitrogens with two attached hydrogens (primary N) is 1. The number of aromatic nitrogens is 1. The van der Waals surface area contributed by atoms with Crippen LogP contribution in [0.15, 0.2) is 53.3 Å². The normalized spacial score (nSPS) is 27.1. The molecule has 0 unspecified atom stereocenters. The van der Waals surface area contributed by atoms with Crippen LogP contribution in [0.5, 0.6) is 5.75 Å². The number of benzene rings is 1. The molecule has 0 fully saturated rings. The third kappa shape index (κ3) is 3.16. The first-order valence-electron chi connectivity index (χ1n) is 11.5. The van der Waals surface area contributed by atoms with E-state index in [9.17, 15) is 40.1 Å². The van der Waals surface area contributed by atoms with Gasteiger partial charge in [0.1, 0.15) is 28.9 Å². The van der Waals surface area contributed by atoms with Gasteiger partial charge in [-0.05, 0) is 56.6 Å². The second-order valence-electron chi connectivity index (χ2n) is 9.84. The molecule has 11 heteroatoms. The average molecular weight is 504 g/mol. The van der Waals surface area contributed by atoms with E-state index in [0.717, 1.165) is 0 Å². The third-order valence-corrected chi connectivity index (χ3v) is 7.68. The number of Topliss-reactive ketones (excluding diaryl/α,β-unsaturated/α-hetero) is 2. The lowest BCUT2D eigenvalue weighted by molar-refractivity contribution is -0.148. The van der Waals surface area contributed by atoms with Crippen LogP contribution in [-0.4, -0.2) is 73.1 Å². The van der Waals surface area contributed by atoms with Crippen LogP contribution in [0.1, 0.15) is 27.9 Å². The summed E-state index contributed by atoms with van der Waals surface area (Å²) in [5.41, 5.74) is 2.90. The molecule has 0 bridgehead atoms. The number of fused-ring (bicyclic) bond motifs is 3. The second-order valence-corrected chi connectivity index (χ2v) is 9.84. The predicted octanol–water partition coefficient (Wildman–Crippen LogP) is 0.783. The number of allylic oxidation sites excluding steroid dienone is 1. The highest BCUT2D eigenvalue weighted by atomic mass is 16.3. The Labute approximate surface area is 211 Å². The first-order valence-corrected chi connectivity index (χ1v) is 11.5. The molecule has 3 aliphatic carbocycles. The van der Waals surface area contributed by atoms with Gasteiger partial charge in [0.25, 0.3) is 5.91 Å². The molecular formula is C26H24N4O7. The van der Waals surface area contributed by atoms with Crippen LogP contribution < -0.4 is 5.73 Å². The molecule has 11 nitrogen and oxygen atoms in total. The fourth-order valence-electron chi connectivity index (χ4n) is 6.09. The lowest BCUT2D eigenvalue weighted by Crippen LogP contribution is -2.63. The molecule has 1 amide bonds. The van der Waals surface area contributed by atoms with Crippen molar-refractivity contribution >= 4 is 17.5 Å². The van der Waals surface area contributed by atoms with Crippen molar-refractivity contribution in [3.8, 4) is 17.5 Å². The Hall–Kier alpha value is -4.40. The monoisotopic (exact) mass is 504 g/mol. The van der Waals surface area contributed by atoms with Crippen LogP contribution in [-0.2, 0) is 16.0 Å². The number of hydrogen-bond acceptors (Lipinski definition) is 9. The van der Waals surface area contributed by atoms with Crippen LogP contribution in [0.4, 0.5) is 0 Å². The van der Waals surface area contributed by atoms with Gasteiger partial charge in [0.15, 0.2) is 11.4 Å². The molecule has 1 aromatic carbocycles. The Morgan fingerprint density at radius 2 is 1.92 bits per heavy atom. The van der Waals surface area contributed by atoms with E-state index in [0.29, 0.717) is 16.8 Å². The molecular weight excluding hydrogens is 480 g/mol. The van der Waals surface area contributed by atoms with E-state index in [2.05, 4.69) is 0 Å². The van der Waals surface area contributed by atoms with Crippen molar-refractivity contribution in [2.75, 3.05) is 14.1 Å². The zero-order valence-corrected chi connectivity index (χ0v) is 20.0. The van der Waals surface area contributed by atoms with Crippen molar-refractivity contribution < 1.29 is 34.8 Å². The van der Waals surface area contributed by atoms with E-state index < -0.39 is 58.0 Å². The highest BCUT2D eigenvalue weighted by Crippen LogP contribution is 2.52. The average Bonchev–Trinajstić information content (AvgIpc) is 3.30. The summed E-state index contributed by atoms with van der Waals surface area (Å²) in [5, 5.41) is 53.6. The smallest absolute Gasteiger partial charge is 0.255 e. The van der Waals surface area contributed by atoms with Crippen LogP contribution in [0.2, 0.25) is 0 Å². The maximum absolute atomic E-state index is 13.7. The van der Waals surface area contributed by atoms with Crippen molar-refractivity contribution in [1.82, 2.24) is 9.47 Å². The summed E-state index contributed by atoms with van der Waals surface area (Å²) < 4.78 is 1.65. The number of nitriles is 1. The number of primary amides is 1. The van der Waals surface area contributed by atoms with Crippen molar-refractivity contribution in [1.29, 1.82) is 5.26 Å². The quantitative estimate of drug-likeness (QED) is 0.376. The Bertz CT molecular complexity index is 1510. The minimum atomic E-state index is -2.68. The maximum atomic E-state index is 13.7. The van der Waals surface area contributed by atoms with Crippen molar-refractivity contribution in [2.45, 2.75) is 24.5 Å². The number of aliphatic hydroxyl groups is 3. The summed E-state index contributed by atoms with van der Waals surface area (Å²) in [6.07, 6.45) is 3.37. The number of hydrogen-bond donors (Lipinski definition) is 5. The summed E-state index contributed by atoms with van der Waals surface area (Å²) in [4.78, 5) is 40.6. The van der Waals surface area contributed by atoms with Gasteiger partial charge in [0, 0.05) is 29.6 Å². The molecule has 0 spiro atoms. The number of carbonyl (C=O) groups excluding carboxylic acids is 3. The predicted molar refractivity (Wildman–Crippen MR) is 128 cm³/mol. The van der Waals surface area contributed by atoms with Crippen LogP contribution >= 0.6 is 0 Å². The zero-order valence-electron chi connectivity index (χ0n) is 20.0. The second kappa shape index (κ2) is 8.06. The van der Waals surface area contributed by atoms with Gasteiger partial charge in [-0.15, -0.1) is 0 Å². The molecule has 0 aliphatic heterocycles. The van der Waals surface area contributed by atoms with Crippen molar-refractivity contribution in [3.05, 3.63) is 69.9 Å². The molecule has 5 rings (SSSR count). The van der Waals surface area contributed by atoms with Gasteiger partial charge < -0.3 is 30.7 Å². The molecule has 0 radical (unpaired) electrons. The van der Waals surface area contributed by atoms with Gasteiger partial charge in [0.05, 0.1) is 17.2 Å². The first kappa shape index (κ1) is 24.3. The van der Waals surface area contributed by atoms with Gasteiger partial charge in [-0.25, -0.2) is 0 Å². The number of phenolic OH excluding ortho intramolecular Hbond substituents is 1. The van der Waals surface area contributed by atoms with Crippen molar-refractivity contribution in [2.24, 2.45) is 17.6 Å². The summed E-state index contributed by atoms with van der Waals surface area (Å²) in [6.45, 7) is 0. The summed E-state index contributed by atoms with van der Waals surface area (Å²) >= 11 is 0. The Morgan fingerprint density at radius 1 is 1.22 bits per heavy atom. The number of aliphatic hydroxyl groups excluding tert-OH is 2.